The molecule has 0 heterocycles. The molecule has 2 saturated carbocycles. The highest BCUT2D eigenvalue weighted by atomic mass is 14.4. The molecule has 1 aromatic rings. The summed E-state index contributed by atoms with van der Waals surface area (Å²) in [4.78, 5) is 0. The quantitative estimate of drug-likeness (QED) is 0.255. The van der Waals surface area contributed by atoms with Crippen LogP contribution in [0, 0.1) is 35.5 Å². The molecule has 0 nitrogen and oxygen atoms in total. The van der Waals surface area contributed by atoms with Gasteiger partial charge in [-0.05, 0) is 98.8 Å². The van der Waals surface area contributed by atoms with Gasteiger partial charge in [-0.15, -0.1) is 0 Å². The Kier molecular flexibility index (Phi) is 11.5. The molecule has 0 radical (unpaired) electrons. The number of hydrogen-bond donors (Lipinski definition) is 0. The molecule has 0 N–H and O–H groups in total. The lowest BCUT2D eigenvalue weighted by Gasteiger charge is -2.37. The second-order valence-electron chi connectivity index (χ2n) is 10.7. The van der Waals surface area contributed by atoms with Crippen LogP contribution in [0.1, 0.15) is 121 Å². The van der Waals surface area contributed by atoms with Gasteiger partial charge in [-0.25, -0.2) is 0 Å². The second kappa shape index (κ2) is 14.6. The molecule has 0 spiro atoms. The lowest BCUT2D eigenvalue weighted by Crippen LogP contribution is -2.25. The van der Waals surface area contributed by atoms with Crippen molar-refractivity contribution in [3.63, 3.8) is 0 Å². The first-order valence-corrected chi connectivity index (χ1v) is 14.1. The average Bonchev–Trinajstić information content (AvgIpc) is 2.84. The Hall–Kier alpha value is -1.48. The van der Waals surface area contributed by atoms with E-state index in [1.165, 1.54) is 108 Å². The summed E-state index contributed by atoms with van der Waals surface area (Å²) in [6.45, 7) is 4.58. The summed E-state index contributed by atoms with van der Waals surface area (Å²) in [6.07, 6.45) is 27.1. The molecule has 0 atom stereocenters. The number of unbranched alkanes of at least 4 members (excludes halogenated alkanes) is 4. The van der Waals surface area contributed by atoms with E-state index in [-0.39, 0.29) is 0 Å². The maximum Gasteiger partial charge on any atom is 0.0249 e. The van der Waals surface area contributed by atoms with Gasteiger partial charge < -0.3 is 0 Å². The molecule has 2 aliphatic carbocycles. The standard InChI is InChI=1S/C32H48/c1-3-5-7-11-27-15-17-28(18-16-27)13-9-10-14-30-21-25-32(26-22-30)31-23-19-29(20-24-31)12-8-6-4-2/h10,14-18,29-32H,3-8,11-12,19-26H2,1-2H3/b14-10+. The Morgan fingerprint density at radius 1 is 0.750 bits per heavy atom. The number of hydrogen-bond acceptors (Lipinski definition) is 0. The highest BCUT2D eigenvalue weighted by Crippen LogP contribution is 2.42. The van der Waals surface area contributed by atoms with Crippen molar-refractivity contribution in [1.29, 1.82) is 0 Å². The zero-order valence-electron chi connectivity index (χ0n) is 21.1. The fourth-order valence-corrected chi connectivity index (χ4v) is 6.08. The predicted octanol–water partition coefficient (Wildman–Crippen LogP) is 9.52. The topological polar surface area (TPSA) is 0 Å². The normalized spacial score (nSPS) is 26.1. The molecule has 0 amide bonds. The van der Waals surface area contributed by atoms with Crippen LogP contribution in [0.3, 0.4) is 0 Å². The van der Waals surface area contributed by atoms with E-state index in [0.717, 1.165) is 29.2 Å². The third-order valence-corrected chi connectivity index (χ3v) is 8.28. The van der Waals surface area contributed by atoms with Crippen molar-refractivity contribution < 1.29 is 0 Å². The van der Waals surface area contributed by atoms with Crippen LogP contribution in [0.4, 0.5) is 0 Å². The summed E-state index contributed by atoms with van der Waals surface area (Å²) in [7, 11) is 0. The Bertz CT molecular complexity index is 697. The summed E-state index contributed by atoms with van der Waals surface area (Å²) in [5, 5.41) is 0. The van der Waals surface area contributed by atoms with Gasteiger partial charge in [-0.2, -0.15) is 0 Å². The summed E-state index contributed by atoms with van der Waals surface area (Å²) in [5.41, 5.74) is 2.59. The van der Waals surface area contributed by atoms with Gasteiger partial charge in [-0.1, -0.05) is 95.3 Å². The fraction of sp³-hybridized carbons (Fsp3) is 0.688. The van der Waals surface area contributed by atoms with Crippen LogP contribution < -0.4 is 0 Å². The second-order valence-corrected chi connectivity index (χ2v) is 10.7. The maximum absolute atomic E-state index is 3.32. The van der Waals surface area contributed by atoms with Gasteiger partial charge in [0.05, 0.1) is 0 Å². The molecular weight excluding hydrogens is 384 g/mol. The van der Waals surface area contributed by atoms with Crippen LogP contribution in [0.2, 0.25) is 0 Å². The van der Waals surface area contributed by atoms with Crippen molar-refractivity contribution >= 4 is 0 Å². The Labute approximate surface area is 199 Å². The molecule has 0 heteroatoms. The molecule has 2 fully saturated rings. The van der Waals surface area contributed by atoms with Crippen molar-refractivity contribution in [1.82, 2.24) is 0 Å². The van der Waals surface area contributed by atoms with E-state index in [2.05, 4.69) is 62.1 Å². The molecule has 176 valence electrons. The number of aryl methyl sites for hydroxylation is 1. The van der Waals surface area contributed by atoms with E-state index in [1.807, 2.05) is 0 Å². The molecule has 0 aliphatic heterocycles. The highest BCUT2D eigenvalue weighted by molar-refractivity contribution is 5.38. The van der Waals surface area contributed by atoms with Crippen LogP contribution in [-0.4, -0.2) is 0 Å². The molecular formula is C32H48. The lowest BCUT2D eigenvalue weighted by atomic mass is 9.68. The van der Waals surface area contributed by atoms with E-state index in [4.69, 9.17) is 0 Å². The average molecular weight is 433 g/mol. The van der Waals surface area contributed by atoms with Crippen molar-refractivity contribution in [2.24, 2.45) is 23.7 Å². The minimum atomic E-state index is 0.756. The van der Waals surface area contributed by atoms with Gasteiger partial charge in [0.1, 0.15) is 0 Å². The van der Waals surface area contributed by atoms with Gasteiger partial charge >= 0.3 is 0 Å². The summed E-state index contributed by atoms with van der Waals surface area (Å²) in [6, 6.07) is 8.88. The van der Waals surface area contributed by atoms with Crippen LogP contribution in [0.15, 0.2) is 36.4 Å². The first-order chi connectivity index (χ1) is 15.8. The summed E-state index contributed by atoms with van der Waals surface area (Å²) < 4.78 is 0. The van der Waals surface area contributed by atoms with Gasteiger partial charge in [0, 0.05) is 5.56 Å². The van der Waals surface area contributed by atoms with E-state index in [1.54, 1.807) is 0 Å². The molecule has 0 saturated heterocycles. The molecule has 32 heavy (non-hydrogen) atoms. The molecule has 1 aromatic carbocycles. The Balaban J connectivity index is 1.33. The Morgan fingerprint density at radius 3 is 2.03 bits per heavy atom. The third kappa shape index (κ3) is 8.81. The molecule has 2 aliphatic rings. The van der Waals surface area contributed by atoms with Gasteiger partial charge in [0.25, 0.3) is 0 Å². The van der Waals surface area contributed by atoms with E-state index in [9.17, 15) is 0 Å². The first-order valence-electron chi connectivity index (χ1n) is 14.1. The lowest BCUT2D eigenvalue weighted by molar-refractivity contribution is 0.151. The van der Waals surface area contributed by atoms with Crippen molar-refractivity contribution in [3.05, 3.63) is 47.5 Å². The monoisotopic (exact) mass is 432 g/mol. The summed E-state index contributed by atoms with van der Waals surface area (Å²) >= 11 is 0. The molecule has 0 aromatic heterocycles. The third-order valence-electron chi connectivity index (χ3n) is 8.28. The predicted molar refractivity (Wildman–Crippen MR) is 141 cm³/mol. The van der Waals surface area contributed by atoms with Gasteiger partial charge in [-0.3, -0.25) is 0 Å². The zero-order chi connectivity index (χ0) is 22.4. The number of benzene rings is 1. The van der Waals surface area contributed by atoms with Crippen LogP contribution in [0.25, 0.3) is 0 Å². The van der Waals surface area contributed by atoms with Crippen molar-refractivity contribution in [2.45, 2.75) is 117 Å². The van der Waals surface area contributed by atoms with Crippen molar-refractivity contribution in [2.75, 3.05) is 0 Å². The van der Waals surface area contributed by atoms with Gasteiger partial charge in [0.15, 0.2) is 0 Å². The van der Waals surface area contributed by atoms with Crippen LogP contribution in [0.5, 0.6) is 0 Å². The van der Waals surface area contributed by atoms with Crippen LogP contribution >= 0.6 is 0 Å². The highest BCUT2D eigenvalue weighted by Gasteiger charge is 2.30. The minimum absolute atomic E-state index is 0.756. The Morgan fingerprint density at radius 2 is 1.38 bits per heavy atom. The SMILES string of the molecule is CCCCCc1ccc(C#C/C=C/C2CCC(C3CCC(CCCCC)CC3)CC2)cc1. The zero-order valence-corrected chi connectivity index (χ0v) is 21.1. The van der Waals surface area contributed by atoms with Crippen LogP contribution in [-0.2, 0) is 6.42 Å². The van der Waals surface area contributed by atoms with E-state index >= 15 is 0 Å². The fourth-order valence-electron chi connectivity index (χ4n) is 6.08. The van der Waals surface area contributed by atoms with E-state index < -0.39 is 0 Å². The minimum Gasteiger partial charge on any atom is -0.0730 e. The molecule has 0 bridgehead atoms. The molecule has 3 rings (SSSR count). The van der Waals surface area contributed by atoms with Gasteiger partial charge in [0.2, 0.25) is 0 Å². The maximum atomic E-state index is 3.32. The number of rotatable bonds is 10. The van der Waals surface area contributed by atoms with E-state index in [0.29, 0.717) is 0 Å². The number of allylic oxidation sites excluding steroid dienone is 2. The largest absolute Gasteiger partial charge is 0.0730 e. The smallest absolute Gasteiger partial charge is 0.0249 e. The first kappa shape index (κ1) is 25.1. The molecule has 0 unspecified atom stereocenters. The van der Waals surface area contributed by atoms with Crippen molar-refractivity contribution in [3.8, 4) is 11.8 Å². The summed E-state index contributed by atoms with van der Waals surface area (Å²) in [5.74, 6) is 10.5.